The summed E-state index contributed by atoms with van der Waals surface area (Å²) in [5, 5.41) is 3.32. The number of sulfonamides is 1. The molecule has 3 rings (SSSR count). The molecule has 1 unspecified atom stereocenters. The number of nitrogens with zero attached hydrogens (tertiary/aromatic N) is 3. The number of halogens is 1. The lowest BCUT2D eigenvalue weighted by atomic mass is 10.2. The van der Waals surface area contributed by atoms with Gasteiger partial charge < -0.3 is 0 Å². The first-order valence-corrected chi connectivity index (χ1v) is 8.48. The fourth-order valence-electron chi connectivity index (χ4n) is 2.06. The molecule has 1 N–H and O–H groups in total. The van der Waals surface area contributed by atoms with Crippen molar-refractivity contribution >= 4 is 49.7 Å². The third-order valence-corrected chi connectivity index (χ3v) is 6.18. The SMILES string of the molecule is CC1C(=O)NC(=O)CN1S(=O)(=O)c1c(Cl)nc2sccn12. The molecule has 21 heavy (non-hydrogen) atoms. The molecule has 1 fully saturated rings. The summed E-state index contributed by atoms with van der Waals surface area (Å²) in [6.07, 6.45) is 1.52. The third-order valence-electron chi connectivity index (χ3n) is 3.11. The van der Waals surface area contributed by atoms with Crippen molar-refractivity contribution in [2.24, 2.45) is 0 Å². The van der Waals surface area contributed by atoms with E-state index in [9.17, 15) is 18.0 Å². The lowest BCUT2D eigenvalue weighted by Gasteiger charge is -2.30. The first-order chi connectivity index (χ1) is 9.82. The number of fused-ring (bicyclic) bond motifs is 1. The Morgan fingerprint density at radius 2 is 2.19 bits per heavy atom. The highest BCUT2D eigenvalue weighted by molar-refractivity contribution is 7.89. The Morgan fingerprint density at radius 3 is 2.90 bits per heavy atom. The summed E-state index contributed by atoms with van der Waals surface area (Å²) in [6.45, 7) is 0.960. The Bertz CT molecular complexity index is 856. The molecule has 2 aromatic rings. The number of carbonyl (C=O) groups excluding carboxylic acids is 2. The molecule has 1 aliphatic rings. The third kappa shape index (κ3) is 2.14. The Hall–Kier alpha value is -1.49. The van der Waals surface area contributed by atoms with Crippen molar-refractivity contribution in [3.63, 3.8) is 0 Å². The molecule has 112 valence electrons. The van der Waals surface area contributed by atoms with Gasteiger partial charge in [-0.3, -0.25) is 19.3 Å². The summed E-state index contributed by atoms with van der Waals surface area (Å²) in [7, 11) is -4.13. The maximum atomic E-state index is 12.7. The summed E-state index contributed by atoms with van der Waals surface area (Å²) in [4.78, 5) is 27.5. The number of imidazole rings is 1. The molecule has 0 radical (unpaired) electrons. The first kappa shape index (κ1) is 14.4. The summed E-state index contributed by atoms with van der Waals surface area (Å²) in [5.74, 6) is -1.35. The second kappa shape index (κ2) is 4.77. The van der Waals surface area contributed by atoms with Gasteiger partial charge >= 0.3 is 0 Å². The molecule has 8 nitrogen and oxygen atoms in total. The van der Waals surface area contributed by atoms with Gasteiger partial charge in [0.05, 0.1) is 6.54 Å². The van der Waals surface area contributed by atoms with E-state index in [1.165, 1.54) is 28.9 Å². The van der Waals surface area contributed by atoms with E-state index in [1.807, 2.05) is 0 Å². The molecular formula is C10H9ClN4O4S2. The van der Waals surface area contributed by atoms with Crippen LogP contribution in [0.15, 0.2) is 16.6 Å². The molecule has 0 bridgehead atoms. The average molecular weight is 349 g/mol. The highest BCUT2D eigenvalue weighted by Crippen LogP contribution is 2.29. The van der Waals surface area contributed by atoms with Crippen molar-refractivity contribution < 1.29 is 18.0 Å². The zero-order valence-corrected chi connectivity index (χ0v) is 13.0. The Kier molecular flexibility index (Phi) is 3.28. The van der Waals surface area contributed by atoms with Crippen LogP contribution in [0, 0.1) is 0 Å². The van der Waals surface area contributed by atoms with Crippen LogP contribution in [0.4, 0.5) is 0 Å². The van der Waals surface area contributed by atoms with Gasteiger partial charge in [-0.05, 0) is 6.92 Å². The van der Waals surface area contributed by atoms with Gasteiger partial charge in [-0.25, -0.2) is 13.4 Å². The molecule has 0 aromatic carbocycles. The average Bonchev–Trinajstić information content (AvgIpc) is 2.92. The Balaban J connectivity index is 2.16. The Morgan fingerprint density at radius 1 is 1.48 bits per heavy atom. The monoisotopic (exact) mass is 348 g/mol. The van der Waals surface area contributed by atoms with Gasteiger partial charge in [0, 0.05) is 11.6 Å². The molecular weight excluding hydrogens is 340 g/mol. The molecule has 11 heteroatoms. The van der Waals surface area contributed by atoms with Crippen LogP contribution in [0.2, 0.25) is 5.15 Å². The quantitative estimate of drug-likeness (QED) is 0.775. The molecule has 2 amide bonds. The van der Waals surface area contributed by atoms with E-state index in [1.54, 1.807) is 5.38 Å². The maximum Gasteiger partial charge on any atom is 0.263 e. The van der Waals surface area contributed by atoms with Gasteiger partial charge in [-0.2, -0.15) is 4.31 Å². The fourth-order valence-corrected chi connectivity index (χ4v) is 5.03. The number of hydrogen-bond donors (Lipinski definition) is 1. The van der Waals surface area contributed by atoms with E-state index >= 15 is 0 Å². The maximum absolute atomic E-state index is 12.7. The molecule has 1 aliphatic heterocycles. The van der Waals surface area contributed by atoms with E-state index in [-0.39, 0.29) is 10.2 Å². The van der Waals surface area contributed by atoms with Crippen LogP contribution < -0.4 is 5.32 Å². The first-order valence-electron chi connectivity index (χ1n) is 5.79. The van der Waals surface area contributed by atoms with Crippen molar-refractivity contribution in [1.82, 2.24) is 19.0 Å². The van der Waals surface area contributed by atoms with Crippen molar-refractivity contribution in [2.75, 3.05) is 6.54 Å². The van der Waals surface area contributed by atoms with Crippen molar-refractivity contribution in [2.45, 2.75) is 18.0 Å². The van der Waals surface area contributed by atoms with Crippen LogP contribution in [0.3, 0.4) is 0 Å². The topological polar surface area (TPSA) is 101 Å². The van der Waals surface area contributed by atoms with Gasteiger partial charge in [0.15, 0.2) is 15.1 Å². The smallest absolute Gasteiger partial charge is 0.263 e. The number of hydrogen-bond acceptors (Lipinski definition) is 6. The normalized spacial score (nSPS) is 21.0. The molecule has 0 aliphatic carbocycles. The number of piperazine rings is 1. The van der Waals surface area contributed by atoms with E-state index in [0.717, 1.165) is 4.31 Å². The number of aromatic nitrogens is 2. The minimum atomic E-state index is -4.13. The minimum absolute atomic E-state index is 0.188. The van der Waals surface area contributed by atoms with Gasteiger partial charge in [0.2, 0.25) is 11.8 Å². The predicted molar refractivity (Wildman–Crippen MR) is 74.6 cm³/mol. The highest BCUT2D eigenvalue weighted by Gasteiger charge is 2.41. The van der Waals surface area contributed by atoms with Crippen LogP contribution in [0.25, 0.3) is 4.96 Å². The largest absolute Gasteiger partial charge is 0.294 e. The molecule has 1 atom stereocenters. The van der Waals surface area contributed by atoms with Gasteiger partial charge in [-0.15, -0.1) is 11.3 Å². The standard InChI is InChI=1S/C10H9ClN4O4S2/c1-5-8(17)12-6(16)4-15(5)21(18,19)9-7(11)13-10-14(9)2-3-20-10/h2-3,5H,4H2,1H3,(H,12,16,17). The minimum Gasteiger partial charge on any atom is -0.294 e. The number of amides is 2. The predicted octanol–water partition coefficient (Wildman–Crippen LogP) is 0.0848. The zero-order valence-electron chi connectivity index (χ0n) is 10.6. The van der Waals surface area contributed by atoms with Crippen LogP contribution in [0.1, 0.15) is 6.92 Å². The molecule has 2 aromatic heterocycles. The number of nitrogens with one attached hydrogen (secondary N) is 1. The van der Waals surface area contributed by atoms with Crippen molar-refractivity contribution in [1.29, 1.82) is 0 Å². The Labute approximate surface area is 128 Å². The van der Waals surface area contributed by atoms with Gasteiger partial charge in [0.25, 0.3) is 10.0 Å². The van der Waals surface area contributed by atoms with Crippen LogP contribution >= 0.6 is 22.9 Å². The lowest BCUT2D eigenvalue weighted by molar-refractivity contribution is -0.136. The number of imide groups is 1. The second-order valence-corrected chi connectivity index (χ2v) is 7.44. The number of rotatable bonds is 2. The van der Waals surface area contributed by atoms with E-state index in [0.29, 0.717) is 4.96 Å². The van der Waals surface area contributed by atoms with E-state index < -0.39 is 34.4 Å². The number of thiazole rings is 1. The summed E-state index contributed by atoms with van der Waals surface area (Å²) >= 11 is 7.14. The van der Waals surface area contributed by atoms with E-state index in [4.69, 9.17) is 11.6 Å². The van der Waals surface area contributed by atoms with Crippen molar-refractivity contribution in [3.05, 3.63) is 16.7 Å². The van der Waals surface area contributed by atoms with Gasteiger partial charge in [-0.1, -0.05) is 11.6 Å². The lowest BCUT2D eigenvalue weighted by Crippen LogP contribution is -2.58. The van der Waals surface area contributed by atoms with Gasteiger partial charge in [0.1, 0.15) is 6.04 Å². The highest BCUT2D eigenvalue weighted by atomic mass is 35.5. The van der Waals surface area contributed by atoms with Crippen LogP contribution in [-0.4, -0.2) is 46.5 Å². The number of carbonyl (C=O) groups is 2. The molecule has 3 heterocycles. The molecule has 0 spiro atoms. The summed E-state index contributed by atoms with van der Waals surface area (Å²) < 4.78 is 27.6. The molecule has 0 saturated carbocycles. The van der Waals surface area contributed by atoms with Crippen LogP contribution in [-0.2, 0) is 19.6 Å². The zero-order chi connectivity index (χ0) is 15.4. The molecule has 1 saturated heterocycles. The van der Waals surface area contributed by atoms with E-state index in [2.05, 4.69) is 10.3 Å². The fraction of sp³-hybridized carbons (Fsp3) is 0.300. The summed E-state index contributed by atoms with van der Waals surface area (Å²) in [6, 6.07) is -1.01. The van der Waals surface area contributed by atoms with Crippen molar-refractivity contribution in [3.8, 4) is 0 Å². The second-order valence-electron chi connectivity index (χ2n) is 4.40. The van der Waals surface area contributed by atoms with Crippen LogP contribution in [0.5, 0.6) is 0 Å². The summed E-state index contributed by atoms with van der Waals surface area (Å²) in [5.41, 5.74) is 0.